The SMILES string of the molecule is CCC1CCC(Oc2cc(C)ccc2C(=O)O)CC1. The molecule has 1 aromatic rings. The lowest BCUT2D eigenvalue weighted by Crippen LogP contribution is -2.24. The molecule has 1 aliphatic carbocycles. The maximum Gasteiger partial charge on any atom is 0.339 e. The monoisotopic (exact) mass is 262 g/mol. The van der Waals surface area contributed by atoms with Crippen LogP contribution < -0.4 is 4.74 Å². The van der Waals surface area contributed by atoms with Crippen molar-refractivity contribution in [2.75, 3.05) is 0 Å². The topological polar surface area (TPSA) is 46.5 Å². The first-order chi connectivity index (χ1) is 9.10. The van der Waals surface area contributed by atoms with Crippen molar-refractivity contribution in [1.29, 1.82) is 0 Å². The summed E-state index contributed by atoms with van der Waals surface area (Å²) in [6.07, 6.45) is 5.85. The largest absolute Gasteiger partial charge is 0.490 e. The average molecular weight is 262 g/mol. The summed E-state index contributed by atoms with van der Waals surface area (Å²) < 4.78 is 5.94. The van der Waals surface area contributed by atoms with Gasteiger partial charge in [0.2, 0.25) is 0 Å². The zero-order chi connectivity index (χ0) is 13.8. The number of hydrogen-bond acceptors (Lipinski definition) is 2. The van der Waals surface area contributed by atoms with Gasteiger partial charge in [-0.05, 0) is 56.2 Å². The predicted octanol–water partition coefficient (Wildman–Crippen LogP) is 4.04. The number of aromatic carboxylic acids is 1. The van der Waals surface area contributed by atoms with Crippen LogP contribution in [0.4, 0.5) is 0 Å². The molecule has 1 fully saturated rings. The second kappa shape index (κ2) is 6.09. The quantitative estimate of drug-likeness (QED) is 0.890. The van der Waals surface area contributed by atoms with Gasteiger partial charge in [0.05, 0.1) is 6.10 Å². The van der Waals surface area contributed by atoms with Crippen molar-refractivity contribution in [2.45, 2.75) is 52.1 Å². The van der Waals surface area contributed by atoms with Crippen LogP contribution in [0.3, 0.4) is 0 Å². The molecule has 0 bridgehead atoms. The summed E-state index contributed by atoms with van der Waals surface area (Å²) in [7, 11) is 0. The van der Waals surface area contributed by atoms with Crippen molar-refractivity contribution in [3.63, 3.8) is 0 Å². The van der Waals surface area contributed by atoms with Gasteiger partial charge in [0.25, 0.3) is 0 Å². The number of aryl methyl sites for hydroxylation is 1. The highest BCUT2D eigenvalue weighted by atomic mass is 16.5. The molecule has 1 N–H and O–H groups in total. The van der Waals surface area contributed by atoms with Crippen molar-refractivity contribution >= 4 is 5.97 Å². The maximum atomic E-state index is 11.2. The summed E-state index contributed by atoms with van der Waals surface area (Å²) in [5.74, 6) is 0.418. The third-order valence-electron chi connectivity index (χ3n) is 4.03. The summed E-state index contributed by atoms with van der Waals surface area (Å²) in [5.41, 5.74) is 1.30. The molecule has 0 heterocycles. The van der Waals surface area contributed by atoms with Crippen molar-refractivity contribution in [3.05, 3.63) is 29.3 Å². The Morgan fingerprint density at radius 3 is 2.58 bits per heavy atom. The van der Waals surface area contributed by atoms with E-state index in [1.807, 2.05) is 19.1 Å². The van der Waals surface area contributed by atoms with E-state index in [-0.39, 0.29) is 11.7 Å². The molecule has 0 spiro atoms. The molecule has 0 aromatic heterocycles. The van der Waals surface area contributed by atoms with Gasteiger partial charge in [-0.15, -0.1) is 0 Å². The van der Waals surface area contributed by atoms with Gasteiger partial charge < -0.3 is 9.84 Å². The van der Waals surface area contributed by atoms with E-state index in [1.165, 1.54) is 19.3 Å². The Kier molecular flexibility index (Phi) is 4.46. The molecule has 0 saturated heterocycles. The predicted molar refractivity (Wildman–Crippen MR) is 74.8 cm³/mol. The van der Waals surface area contributed by atoms with Crippen LogP contribution in [0.15, 0.2) is 18.2 Å². The van der Waals surface area contributed by atoms with Crippen molar-refractivity contribution in [2.24, 2.45) is 5.92 Å². The molecule has 0 aliphatic heterocycles. The van der Waals surface area contributed by atoms with E-state index in [4.69, 9.17) is 4.74 Å². The fourth-order valence-electron chi connectivity index (χ4n) is 2.74. The Morgan fingerprint density at radius 1 is 1.32 bits per heavy atom. The number of rotatable bonds is 4. The maximum absolute atomic E-state index is 11.2. The highest BCUT2D eigenvalue weighted by molar-refractivity contribution is 5.90. The molecule has 0 amide bonds. The van der Waals surface area contributed by atoms with E-state index in [0.717, 1.165) is 24.3 Å². The average Bonchev–Trinajstić information content (AvgIpc) is 2.39. The molecule has 0 unspecified atom stereocenters. The van der Waals surface area contributed by atoms with Gasteiger partial charge in [-0.1, -0.05) is 19.4 Å². The van der Waals surface area contributed by atoms with E-state index in [2.05, 4.69) is 6.92 Å². The van der Waals surface area contributed by atoms with E-state index in [0.29, 0.717) is 5.75 Å². The fourth-order valence-corrected chi connectivity index (χ4v) is 2.74. The number of carbonyl (C=O) groups is 1. The summed E-state index contributed by atoms with van der Waals surface area (Å²) in [6, 6.07) is 5.27. The Hall–Kier alpha value is -1.51. The Bertz CT molecular complexity index is 445. The highest BCUT2D eigenvalue weighted by Crippen LogP contribution is 2.31. The van der Waals surface area contributed by atoms with Gasteiger partial charge in [-0.2, -0.15) is 0 Å². The molecule has 1 aromatic carbocycles. The Labute approximate surface area is 114 Å². The van der Waals surface area contributed by atoms with Crippen LogP contribution in [-0.4, -0.2) is 17.2 Å². The molecular formula is C16H22O3. The molecule has 2 rings (SSSR count). The number of benzene rings is 1. The first-order valence-corrected chi connectivity index (χ1v) is 7.10. The van der Waals surface area contributed by atoms with E-state index < -0.39 is 5.97 Å². The van der Waals surface area contributed by atoms with Gasteiger partial charge in [-0.25, -0.2) is 4.79 Å². The zero-order valence-corrected chi connectivity index (χ0v) is 11.7. The van der Waals surface area contributed by atoms with Crippen LogP contribution in [0.5, 0.6) is 5.75 Å². The van der Waals surface area contributed by atoms with Crippen LogP contribution in [0.1, 0.15) is 54.9 Å². The third kappa shape index (κ3) is 3.49. The summed E-state index contributed by atoms with van der Waals surface area (Å²) >= 11 is 0. The van der Waals surface area contributed by atoms with Crippen LogP contribution in [0.2, 0.25) is 0 Å². The van der Waals surface area contributed by atoms with E-state index in [1.54, 1.807) is 6.07 Å². The lowest BCUT2D eigenvalue weighted by atomic mass is 9.86. The third-order valence-corrected chi connectivity index (χ3v) is 4.03. The van der Waals surface area contributed by atoms with E-state index in [9.17, 15) is 9.90 Å². The van der Waals surface area contributed by atoms with Gasteiger partial charge >= 0.3 is 5.97 Å². The molecule has 104 valence electrons. The van der Waals surface area contributed by atoms with Gasteiger partial charge in [0.15, 0.2) is 0 Å². The Balaban J connectivity index is 2.06. The minimum atomic E-state index is -0.919. The highest BCUT2D eigenvalue weighted by Gasteiger charge is 2.23. The second-order valence-electron chi connectivity index (χ2n) is 5.47. The van der Waals surface area contributed by atoms with Gasteiger partial charge in [0.1, 0.15) is 11.3 Å². The molecule has 3 heteroatoms. The summed E-state index contributed by atoms with van der Waals surface area (Å²) in [5, 5.41) is 9.19. The normalized spacial score (nSPS) is 23.1. The standard InChI is InChI=1S/C16H22O3/c1-3-12-5-7-13(8-6-12)19-15-10-11(2)4-9-14(15)16(17)18/h4,9-10,12-13H,3,5-8H2,1-2H3,(H,17,18). The Morgan fingerprint density at radius 2 is 2.00 bits per heavy atom. The molecule has 19 heavy (non-hydrogen) atoms. The smallest absolute Gasteiger partial charge is 0.339 e. The molecular weight excluding hydrogens is 240 g/mol. The molecule has 1 aliphatic rings. The summed E-state index contributed by atoms with van der Waals surface area (Å²) in [4.78, 5) is 11.2. The molecule has 0 radical (unpaired) electrons. The fraction of sp³-hybridized carbons (Fsp3) is 0.562. The lowest BCUT2D eigenvalue weighted by Gasteiger charge is -2.28. The number of ether oxygens (including phenoxy) is 1. The van der Waals surface area contributed by atoms with E-state index >= 15 is 0 Å². The van der Waals surface area contributed by atoms with Crippen LogP contribution >= 0.6 is 0 Å². The van der Waals surface area contributed by atoms with Crippen LogP contribution in [0, 0.1) is 12.8 Å². The minimum absolute atomic E-state index is 0.169. The second-order valence-corrected chi connectivity index (χ2v) is 5.47. The van der Waals surface area contributed by atoms with Crippen molar-refractivity contribution in [1.82, 2.24) is 0 Å². The van der Waals surface area contributed by atoms with Crippen LogP contribution in [-0.2, 0) is 0 Å². The van der Waals surface area contributed by atoms with Crippen LogP contribution in [0.25, 0.3) is 0 Å². The van der Waals surface area contributed by atoms with Gasteiger partial charge in [0, 0.05) is 0 Å². The molecule has 0 atom stereocenters. The summed E-state index contributed by atoms with van der Waals surface area (Å²) in [6.45, 7) is 4.18. The first-order valence-electron chi connectivity index (χ1n) is 7.10. The number of carboxylic acid groups (broad SMARTS) is 1. The molecule has 1 saturated carbocycles. The number of hydrogen-bond donors (Lipinski definition) is 1. The minimum Gasteiger partial charge on any atom is -0.490 e. The zero-order valence-electron chi connectivity index (χ0n) is 11.7. The lowest BCUT2D eigenvalue weighted by molar-refractivity contribution is 0.0683. The van der Waals surface area contributed by atoms with Crippen molar-refractivity contribution in [3.8, 4) is 5.75 Å². The first kappa shape index (κ1) is 13.9. The number of carboxylic acids is 1. The van der Waals surface area contributed by atoms with Gasteiger partial charge in [-0.3, -0.25) is 0 Å². The van der Waals surface area contributed by atoms with Crippen molar-refractivity contribution < 1.29 is 14.6 Å². The molecule has 3 nitrogen and oxygen atoms in total.